The number of ether oxygens (including phenoxy) is 1. The zero-order chi connectivity index (χ0) is 23.8. The SMILES string of the molecule is COc1cc2c(cc1S(=O)(=O)N(C)Cc1nc(-c3ccc(C(C)(C)C)cc3)no1)CCCC2. The van der Waals surface area contributed by atoms with E-state index >= 15 is 0 Å². The van der Waals surface area contributed by atoms with Gasteiger partial charge in [-0.1, -0.05) is 50.2 Å². The number of methoxy groups -OCH3 is 1. The van der Waals surface area contributed by atoms with Crippen molar-refractivity contribution in [3.05, 3.63) is 59.0 Å². The molecule has 0 aliphatic heterocycles. The van der Waals surface area contributed by atoms with Crippen LogP contribution in [0.1, 0.15) is 56.2 Å². The van der Waals surface area contributed by atoms with Gasteiger partial charge in [-0.15, -0.1) is 0 Å². The number of aryl methyl sites for hydroxylation is 2. The molecule has 0 bridgehead atoms. The molecule has 3 aromatic rings. The third-order valence-electron chi connectivity index (χ3n) is 6.15. The van der Waals surface area contributed by atoms with E-state index in [1.807, 2.05) is 30.3 Å². The lowest BCUT2D eigenvalue weighted by Gasteiger charge is -2.22. The molecule has 176 valence electrons. The first kappa shape index (κ1) is 23.4. The normalized spacial score (nSPS) is 14.4. The van der Waals surface area contributed by atoms with Crippen LogP contribution in [-0.2, 0) is 34.8 Å². The summed E-state index contributed by atoms with van der Waals surface area (Å²) >= 11 is 0. The standard InChI is InChI=1S/C25H31N3O4S/c1-25(2,3)20-12-10-17(11-13-20)24-26-23(32-27-24)16-28(4)33(29,30)22-15-19-9-7-6-8-18(19)14-21(22)31-5/h10-15H,6-9,16H2,1-5H3. The lowest BCUT2D eigenvalue weighted by atomic mass is 9.87. The van der Waals surface area contributed by atoms with Crippen molar-refractivity contribution < 1.29 is 17.7 Å². The molecular formula is C25H31N3O4S. The lowest BCUT2D eigenvalue weighted by molar-refractivity contribution is 0.335. The van der Waals surface area contributed by atoms with Crippen molar-refractivity contribution in [3.8, 4) is 17.1 Å². The lowest BCUT2D eigenvalue weighted by Crippen LogP contribution is -2.27. The van der Waals surface area contributed by atoms with Gasteiger partial charge in [0.25, 0.3) is 0 Å². The van der Waals surface area contributed by atoms with Gasteiger partial charge in [0, 0.05) is 12.6 Å². The molecule has 0 N–H and O–H groups in total. The second-order valence-corrected chi connectivity index (χ2v) is 11.6. The quantitative estimate of drug-likeness (QED) is 0.518. The van der Waals surface area contributed by atoms with Gasteiger partial charge in [0.05, 0.1) is 13.7 Å². The summed E-state index contributed by atoms with van der Waals surface area (Å²) in [5, 5.41) is 4.05. The van der Waals surface area contributed by atoms with Gasteiger partial charge in [0.15, 0.2) is 0 Å². The summed E-state index contributed by atoms with van der Waals surface area (Å²) in [6.07, 6.45) is 4.01. The second-order valence-electron chi connectivity index (χ2n) is 9.58. The average Bonchev–Trinajstić information content (AvgIpc) is 3.26. The summed E-state index contributed by atoms with van der Waals surface area (Å²) in [5.74, 6) is 1.03. The topological polar surface area (TPSA) is 85.5 Å². The van der Waals surface area contributed by atoms with Crippen molar-refractivity contribution in [2.75, 3.05) is 14.2 Å². The molecule has 0 saturated carbocycles. The minimum Gasteiger partial charge on any atom is -0.495 e. The molecule has 33 heavy (non-hydrogen) atoms. The maximum Gasteiger partial charge on any atom is 0.246 e. The van der Waals surface area contributed by atoms with Gasteiger partial charge in [-0.3, -0.25) is 0 Å². The molecule has 2 aromatic carbocycles. The number of rotatable bonds is 6. The van der Waals surface area contributed by atoms with Crippen molar-refractivity contribution in [2.45, 2.75) is 63.3 Å². The van der Waals surface area contributed by atoms with Crippen molar-refractivity contribution in [1.29, 1.82) is 0 Å². The molecule has 0 fully saturated rings. The highest BCUT2D eigenvalue weighted by molar-refractivity contribution is 7.89. The Morgan fingerprint density at radius 3 is 2.30 bits per heavy atom. The molecule has 1 heterocycles. The van der Waals surface area contributed by atoms with E-state index in [1.165, 1.54) is 29.6 Å². The summed E-state index contributed by atoms with van der Waals surface area (Å²) < 4.78 is 38.8. The highest BCUT2D eigenvalue weighted by Crippen LogP contribution is 2.33. The van der Waals surface area contributed by atoms with Crippen LogP contribution in [0.25, 0.3) is 11.4 Å². The monoisotopic (exact) mass is 469 g/mol. The minimum atomic E-state index is -3.81. The van der Waals surface area contributed by atoms with Crippen LogP contribution in [0.5, 0.6) is 5.75 Å². The van der Waals surface area contributed by atoms with E-state index in [9.17, 15) is 8.42 Å². The predicted molar refractivity (Wildman–Crippen MR) is 127 cm³/mol. The number of hydrogen-bond acceptors (Lipinski definition) is 6. The summed E-state index contributed by atoms with van der Waals surface area (Å²) in [6, 6.07) is 11.6. The predicted octanol–water partition coefficient (Wildman–Crippen LogP) is 4.74. The highest BCUT2D eigenvalue weighted by Gasteiger charge is 2.28. The summed E-state index contributed by atoms with van der Waals surface area (Å²) in [4.78, 5) is 4.59. The zero-order valence-electron chi connectivity index (χ0n) is 19.9. The van der Waals surface area contributed by atoms with E-state index in [-0.39, 0.29) is 22.7 Å². The fourth-order valence-corrected chi connectivity index (χ4v) is 5.40. The number of aromatic nitrogens is 2. The van der Waals surface area contributed by atoms with Crippen molar-refractivity contribution >= 4 is 10.0 Å². The van der Waals surface area contributed by atoms with Crippen LogP contribution < -0.4 is 4.74 Å². The zero-order valence-corrected chi connectivity index (χ0v) is 20.7. The van der Waals surface area contributed by atoms with Crippen LogP contribution in [0.2, 0.25) is 0 Å². The number of benzene rings is 2. The number of nitrogens with zero attached hydrogens (tertiary/aromatic N) is 3. The molecule has 0 saturated heterocycles. The average molecular weight is 470 g/mol. The molecule has 4 rings (SSSR count). The van der Waals surface area contributed by atoms with Gasteiger partial charge >= 0.3 is 0 Å². The fraction of sp³-hybridized carbons (Fsp3) is 0.440. The van der Waals surface area contributed by atoms with E-state index in [4.69, 9.17) is 9.26 Å². The molecule has 0 spiro atoms. The smallest absolute Gasteiger partial charge is 0.246 e. The van der Waals surface area contributed by atoms with Crippen LogP contribution in [0.15, 0.2) is 45.8 Å². The Labute approximate surface area is 195 Å². The van der Waals surface area contributed by atoms with Crippen LogP contribution in [-0.4, -0.2) is 37.0 Å². The molecule has 0 atom stereocenters. The van der Waals surface area contributed by atoms with Gasteiger partial charge in [0.2, 0.25) is 21.7 Å². The molecular weight excluding hydrogens is 438 g/mol. The number of sulfonamides is 1. The second kappa shape index (κ2) is 8.91. The molecule has 1 aromatic heterocycles. The van der Waals surface area contributed by atoms with Crippen LogP contribution in [0, 0.1) is 0 Å². The van der Waals surface area contributed by atoms with Crippen LogP contribution >= 0.6 is 0 Å². The van der Waals surface area contributed by atoms with E-state index in [0.29, 0.717) is 11.6 Å². The summed E-state index contributed by atoms with van der Waals surface area (Å²) in [7, 11) is -0.801. The minimum absolute atomic E-state index is 0.0321. The van der Waals surface area contributed by atoms with Gasteiger partial charge in [-0.2, -0.15) is 9.29 Å². The van der Waals surface area contributed by atoms with Crippen LogP contribution in [0.4, 0.5) is 0 Å². The fourth-order valence-electron chi connectivity index (χ4n) is 4.10. The summed E-state index contributed by atoms with van der Waals surface area (Å²) in [5.41, 5.74) is 4.32. The summed E-state index contributed by atoms with van der Waals surface area (Å²) in [6.45, 7) is 6.43. The van der Waals surface area contributed by atoms with Gasteiger partial charge in [-0.05, 0) is 59.9 Å². The molecule has 0 amide bonds. The van der Waals surface area contributed by atoms with Crippen molar-refractivity contribution in [1.82, 2.24) is 14.4 Å². The Morgan fingerprint density at radius 1 is 1.06 bits per heavy atom. The van der Waals surface area contributed by atoms with Gasteiger partial charge in [-0.25, -0.2) is 8.42 Å². The van der Waals surface area contributed by atoms with E-state index < -0.39 is 10.0 Å². The molecule has 7 nitrogen and oxygen atoms in total. The van der Waals surface area contributed by atoms with Crippen molar-refractivity contribution in [3.63, 3.8) is 0 Å². The van der Waals surface area contributed by atoms with E-state index in [1.54, 1.807) is 6.07 Å². The Bertz CT molecular complexity index is 1240. The largest absolute Gasteiger partial charge is 0.495 e. The molecule has 0 unspecified atom stereocenters. The molecule has 1 aliphatic rings. The van der Waals surface area contributed by atoms with Gasteiger partial charge in [0.1, 0.15) is 10.6 Å². The van der Waals surface area contributed by atoms with Crippen molar-refractivity contribution in [2.24, 2.45) is 0 Å². The van der Waals surface area contributed by atoms with Crippen LogP contribution in [0.3, 0.4) is 0 Å². The third-order valence-corrected chi connectivity index (χ3v) is 7.98. The number of fused-ring (bicyclic) bond motifs is 1. The van der Waals surface area contributed by atoms with E-state index in [0.717, 1.165) is 36.8 Å². The van der Waals surface area contributed by atoms with E-state index in [2.05, 4.69) is 30.9 Å². The first-order valence-electron chi connectivity index (χ1n) is 11.2. The first-order chi connectivity index (χ1) is 15.6. The van der Waals surface area contributed by atoms with Gasteiger partial charge < -0.3 is 9.26 Å². The Kier molecular flexibility index (Phi) is 6.33. The Hall–Kier alpha value is -2.71. The third kappa shape index (κ3) is 4.82. The highest BCUT2D eigenvalue weighted by atomic mass is 32.2. The molecule has 1 aliphatic carbocycles. The first-order valence-corrected chi connectivity index (χ1v) is 12.6. The molecule has 0 radical (unpaired) electrons. The Morgan fingerprint density at radius 2 is 1.70 bits per heavy atom. The Balaban J connectivity index is 1.55. The maximum absolute atomic E-state index is 13.4. The number of hydrogen-bond donors (Lipinski definition) is 0. The maximum atomic E-state index is 13.4. The molecule has 8 heteroatoms.